The van der Waals surface area contributed by atoms with Gasteiger partial charge in [-0.05, 0) is 55.5 Å². The van der Waals surface area contributed by atoms with E-state index in [1.807, 2.05) is 19.1 Å². The first-order valence-corrected chi connectivity index (χ1v) is 8.94. The highest BCUT2D eigenvalue weighted by atomic mass is 16.5. The minimum Gasteiger partial charge on any atom is -0.508 e. The third kappa shape index (κ3) is 4.69. The summed E-state index contributed by atoms with van der Waals surface area (Å²) >= 11 is 0. The maximum Gasteiger partial charge on any atom is 0.321 e. The molecule has 1 saturated heterocycles. The standard InChI is InChI=1S/C20H23N3O4/c1-2-27-18-9-5-16(6-10-18)21-20(26)23-13-11-22(12-14-23)19(25)15-3-7-17(24)8-4-15/h3-10,24H,2,11-14H2,1H3,(H,21,26). The van der Waals surface area contributed by atoms with Gasteiger partial charge in [0.15, 0.2) is 0 Å². The van der Waals surface area contributed by atoms with Crippen molar-refractivity contribution in [2.75, 3.05) is 38.1 Å². The summed E-state index contributed by atoms with van der Waals surface area (Å²) in [5.74, 6) is 0.792. The van der Waals surface area contributed by atoms with Crippen molar-refractivity contribution in [1.82, 2.24) is 9.80 Å². The highest BCUT2D eigenvalue weighted by Gasteiger charge is 2.24. The Hall–Kier alpha value is -3.22. The fourth-order valence-electron chi connectivity index (χ4n) is 2.90. The number of hydrogen-bond acceptors (Lipinski definition) is 4. The maximum atomic E-state index is 12.5. The number of anilines is 1. The molecule has 0 aliphatic carbocycles. The van der Waals surface area contributed by atoms with Gasteiger partial charge in [-0.2, -0.15) is 0 Å². The molecule has 7 heteroatoms. The van der Waals surface area contributed by atoms with E-state index in [1.165, 1.54) is 12.1 Å². The van der Waals surface area contributed by atoms with E-state index in [9.17, 15) is 14.7 Å². The van der Waals surface area contributed by atoms with Crippen molar-refractivity contribution in [2.24, 2.45) is 0 Å². The Bertz CT molecular complexity index is 782. The van der Waals surface area contributed by atoms with Crippen molar-refractivity contribution in [3.63, 3.8) is 0 Å². The first-order chi connectivity index (χ1) is 13.1. The van der Waals surface area contributed by atoms with Gasteiger partial charge >= 0.3 is 6.03 Å². The van der Waals surface area contributed by atoms with Gasteiger partial charge in [-0.25, -0.2) is 4.79 Å². The number of carbonyl (C=O) groups is 2. The molecule has 3 rings (SSSR count). The quantitative estimate of drug-likeness (QED) is 0.868. The fourth-order valence-corrected chi connectivity index (χ4v) is 2.90. The summed E-state index contributed by atoms with van der Waals surface area (Å²) in [6.07, 6.45) is 0. The van der Waals surface area contributed by atoms with Crippen molar-refractivity contribution in [1.29, 1.82) is 0 Å². The first-order valence-electron chi connectivity index (χ1n) is 8.94. The molecule has 0 atom stereocenters. The van der Waals surface area contributed by atoms with Gasteiger partial charge in [-0.1, -0.05) is 0 Å². The summed E-state index contributed by atoms with van der Waals surface area (Å²) in [5, 5.41) is 12.2. The van der Waals surface area contributed by atoms with Crippen LogP contribution in [0.1, 0.15) is 17.3 Å². The van der Waals surface area contributed by atoms with E-state index >= 15 is 0 Å². The van der Waals surface area contributed by atoms with E-state index < -0.39 is 0 Å². The Morgan fingerprint density at radius 2 is 1.56 bits per heavy atom. The van der Waals surface area contributed by atoms with Gasteiger partial charge in [-0.15, -0.1) is 0 Å². The third-order valence-electron chi connectivity index (χ3n) is 4.38. The smallest absolute Gasteiger partial charge is 0.321 e. The number of urea groups is 1. The van der Waals surface area contributed by atoms with E-state index in [2.05, 4.69) is 5.32 Å². The number of phenols is 1. The zero-order valence-corrected chi connectivity index (χ0v) is 15.2. The summed E-state index contributed by atoms with van der Waals surface area (Å²) in [6.45, 7) is 4.38. The van der Waals surface area contributed by atoms with Gasteiger partial charge in [-0.3, -0.25) is 4.79 Å². The second-order valence-corrected chi connectivity index (χ2v) is 6.21. The molecule has 2 aromatic rings. The normalized spacial score (nSPS) is 14.0. The molecule has 1 heterocycles. The lowest BCUT2D eigenvalue weighted by Gasteiger charge is -2.34. The number of hydrogen-bond donors (Lipinski definition) is 2. The lowest BCUT2D eigenvalue weighted by Crippen LogP contribution is -2.51. The minimum absolute atomic E-state index is 0.0958. The number of amides is 3. The van der Waals surface area contributed by atoms with Gasteiger partial charge in [0.25, 0.3) is 5.91 Å². The van der Waals surface area contributed by atoms with Crippen LogP contribution in [0.4, 0.5) is 10.5 Å². The van der Waals surface area contributed by atoms with E-state index in [0.717, 1.165) is 5.75 Å². The van der Waals surface area contributed by atoms with Gasteiger partial charge in [0.1, 0.15) is 11.5 Å². The Balaban J connectivity index is 1.51. The van der Waals surface area contributed by atoms with Crippen molar-refractivity contribution >= 4 is 17.6 Å². The van der Waals surface area contributed by atoms with Crippen LogP contribution < -0.4 is 10.1 Å². The fraction of sp³-hybridized carbons (Fsp3) is 0.300. The molecule has 0 radical (unpaired) electrons. The Labute approximate surface area is 158 Å². The zero-order valence-electron chi connectivity index (χ0n) is 15.2. The van der Waals surface area contributed by atoms with E-state index in [-0.39, 0.29) is 17.7 Å². The van der Waals surface area contributed by atoms with Crippen molar-refractivity contribution in [2.45, 2.75) is 6.92 Å². The lowest BCUT2D eigenvalue weighted by atomic mass is 10.1. The lowest BCUT2D eigenvalue weighted by molar-refractivity contribution is 0.0671. The van der Waals surface area contributed by atoms with Gasteiger partial charge < -0.3 is 25.0 Å². The van der Waals surface area contributed by atoms with Crippen LogP contribution in [-0.4, -0.2) is 59.6 Å². The third-order valence-corrected chi connectivity index (χ3v) is 4.38. The van der Waals surface area contributed by atoms with E-state index in [4.69, 9.17) is 4.74 Å². The van der Waals surface area contributed by atoms with Gasteiger partial charge in [0.2, 0.25) is 0 Å². The minimum atomic E-state index is -0.184. The summed E-state index contributed by atoms with van der Waals surface area (Å²) in [5.41, 5.74) is 1.23. The average molecular weight is 369 g/mol. The van der Waals surface area contributed by atoms with Crippen LogP contribution in [0, 0.1) is 0 Å². The second kappa shape index (κ2) is 8.44. The van der Waals surface area contributed by atoms with Gasteiger partial charge in [0, 0.05) is 37.4 Å². The number of ether oxygens (including phenoxy) is 1. The predicted octanol–water partition coefficient (Wildman–Crippen LogP) is 2.78. The Morgan fingerprint density at radius 1 is 0.963 bits per heavy atom. The Morgan fingerprint density at radius 3 is 2.15 bits per heavy atom. The molecule has 1 aliphatic heterocycles. The summed E-state index contributed by atoms with van der Waals surface area (Å²) in [4.78, 5) is 28.3. The molecule has 0 aromatic heterocycles. The zero-order chi connectivity index (χ0) is 19.2. The maximum absolute atomic E-state index is 12.5. The highest BCUT2D eigenvalue weighted by molar-refractivity contribution is 5.95. The topological polar surface area (TPSA) is 82.1 Å². The van der Waals surface area contributed by atoms with Crippen molar-refractivity contribution in [3.05, 3.63) is 54.1 Å². The summed E-state index contributed by atoms with van der Waals surface area (Å²) in [7, 11) is 0. The number of phenolic OH excluding ortho intramolecular Hbond substituents is 1. The molecular formula is C20H23N3O4. The molecule has 27 heavy (non-hydrogen) atoms. The predicted molar refractivity (Wildman–Crippen MR) is 102 cm³/mol. The number of nitrogens with zero attached hydrogens (tertiary/aromatic N) is 2. The van der Waals surface area contributed by atoms with Crippen LogP contribution in [0.15, 0.2) is 48.5 Å². The van der Waals surface area contributed by atoms with Crippen LogP contribution in [0.25, 0.3) is 0 Å². The molecule has 142 valence electrons. The monoisotopic (exact) mass is 369 g/mol. The Kier molecular flexibility index (Phi) is 5.80. The highest BCUT2D eigenvalue weighted by Crippen LogP contribution is 2.17. The number of rotatable bonds is 4. The number of carbonyl (C=O) groups excluding carboxylic acids is 2. The molecule has 0 spiro atoms. The molecule has 7 nitrogen and oxygen atoms in total. The largest absolute Gasteiger partial charge is 0.508 e. The average Bonchev–Trinajstić information content (AvgIpc) is 2.70. The van der Waals surface area contributed by atoms with Crippen LogP contribution >= 0.6 is 0 Å². The van der Waals surface area contributed by atoms with E-state index in [0.29, 0.717) is 44.0 Å². The van der Waals surface area contributed by atoms with Crippen LogP contribution in [-0.2, 0) is 0 Å². The molecule has 0 unspecified atom stereocenters. The van der Waals surface area contributed by atoms with Crippen LogP contribution in [0.3, 0.4) is 0 Å². The van der Waals surface area contributed by atoms with Crippen LogP contribution in [0.5, 0.6) is 11.5 Å². The molecule has 0 bridgehead atoms. The molecule has 2 N–H and O–H groups in total. The van der Waals surface area contributed by atoms with Gasteiger partial charge in [0.05, 0.1) is 6.61 Å². The SMILES string of the molecule is CCOc1ccc(NC(=O)N2CCN(C(=O)c3ccc(O)cc3)CC2)cc1. The number of aromatic hydroxyl groups is 1. The number of benzene rings is 2. The first kappa shape index (κ1) is 18.6. The molecular weight excluding hydrogens is 346 g/mol. The molecule has 2 aromatic carbocycles. The summed E-state index contributed by atoms with van der Waals surface area (Å²) in [6, 6.07) is 13.2. The molecule has 1 fully saturated rings. The molecule has 3 amide bonds. The van der Waals surface area contributed by atoms with Crippen molar-refractivity contribution < 1.29 is 19.4 Å². The molecule has 1 aliphatic rings. The van der Waals surface area contributed by atoms with E-state index in [1.54, 1.807) is 34.1 Å². The summed E-state index contributed by atoms with van der Waals surface area (Å²) < 4.78 is 5.38. The number of piperazine rings is 1. The number of nitrogens with one attached hydrogen (secondary N) is 1. The van der Waals surface area contributed by atoms with Crippen LogP contribution in [0.2, 0.25) is 0 Å². The van der Waals surface area contributed by atoms with Crippen molar-refractivity contribution in [3.8, 4) is 11.5 Å². The second-order valence-electron chi connectivity index (χ2n) is 6.21. The molecule has 0 saturated carbocycles.